The molecule has 1 aromatic rings. The summed E-state index contributed by atoms with van der Waals surface area (Å²) in [6.07, 6.45) is 0.287. The fourth-order valence-corrected chi connectivity index (χ4v) is 4.02. The normalized spacial score (nSPS) is 24.2. The molecule has 166 valence electrons. The van der Waals surface area contributed by atoms with E-state index in [1.165, 1.54) is 0 Å². The molecule has 10 heteroatoms. The molecule has 1 aromatic carbocycles. The minimum absolute atomic E-state index is 0.0734. The molecule has 1 aliphatic carbocycles. The van der Waals surface area contributed by atoms with Gasteiger partial charge >= 0.3 is 6.18 Å². The van der Waals surface area contributed by atoms with Gasteiger partial charge in [0, 0.05) is 29.9 Å². The largest absolute Gasteiger partial charge is 0.390 e. The quantitative estimate of drug-likeness (QED) is 0.538. The molecule has 3 N–H and O–H groups in total. The predicted molar refractivity (Wildman–Crippen MR) is 116 cm³/mol. The molecule has 4 rings (SSSR count). The zero-order valence-corrected chi connectivity index (χ0v) is 18.7. The summed E-state index contributed by atoms with van der Waals surface area (Å²) in [6.45, 7) is 3.38. The molecule has 3 aliphatic rings. The van der Waals surface area contributed by atoms with Crippen LogP contribution in [0.1, 0.15) is 47.7 Å². The van der Waals surface area contributed by atoms with Crippen LogP contribution in [0.2, 0.25) is 0 Å². The summed E-state index contributed by atoms with van der Waals surface area (Å²) in [7, 11) is 0. The molecule has 0 aromatic heterocycles. The monoisotopic (exact) mass is 497 g/mol. The second-order valence-electron chi connectivity index (χ2n) is 8.10. The lowest BCUT2D eigenvalue weighted by Crippen LogP contribution is -2.61. The van der Waals surface area contributed by atoms with E-state index in [1.807, 2.05) is 31.0 Å². The molecule has 0 spiro atoms. The van der Waals surface area contributed by atoms with Gasteiger partial charge in [-0.1, -0.05) is 6.07 Å². The summed E-state index contributed by atoms with van der Waals surface area (Å²) in [4.78, 5) is 16.6. The second kappa shape index (κ2) is 7.89. The summed E-state index contributed by atoms with van der Waals surface area (Å²) >= 11 is 3.39. The van der Waals surface area contributed by atoms with Gasteiger partial charge in [-0.3, -0.25) is 20.2 Å². The number of aliphatic imine (C=N–C) groups is 1. The van der Waals surface area contributed by atoms with Crippen LogP contribution < -0.4 is 16.1 Å². The van der Waals surface area contributed by atoms with Crippen LogP contribution in [0, 0.1) is 6.92 Å². The summed E-state index contributed by atoms with van der Waals surface area (Å²) in [5.74, 6) is -0.0734. The number of aryl methyl sites for hydroxylation is 1. The first-order valence-electron chi connectivity index (χ1n) is 10.0. The van der Waals surface area contributed by atoms with Crippen LogP contribution >= 0.6 is 15.9 Å². The molecule has 2 heterocycles. The Morgan fingerprint density at radius 3 is 2.77 bits per heavy atom. The van der Waals surface area contributed by atoms with E-state index < -0.39 is 18.3 Å². The number of fused-ring (bicyclic) bond motifs is 1. The lowest BCUT2D eigenvalue weighted by Gasteiger charge is -2.42. The topological polar surface area (TPSA) is 68.8 Å². The molecule has 0 bridgehead atoms. The van der Waals surface area contributed by atoms with Gasteiger partial charge in [0.1, 0.15) is 0 Å². The summed E-state index contributed by atoms with van der Waals surface area (Å²) in [5.41, 5.74) is 5.94. The van der Waals surface area contributed by atoms with Crippen molar-refractivity contribution in [1.29, 1.82) is 0 Å². The number of nitrogens with zero attached hydrogens (tertiary/aromatic N) is 2. The van der Waals surface area contributed by atoms with E-state index in [0.29, 0.717) is 15.9 Å². The van der Waals surface area contributed by atoms with E-state index in [9.17, 15) is 18.0 Å². The van der Waals surface area contributed by atoms with Crippen LogP contribution in [-0.2, 0) is 0 Å². The maximum atomic E-state index is 12.6. The molecule has 0 saturated heterocycles. The van der Waals surface area contributed by atoms with Gasteiger partial charge in [0.2, 0.25) is 0 Å². The van der Waals surface area contributed by atoms with E-state index >= 15 is 0 Å². The van der Waals surface area contributed by atoms with Gasteiger partial charge in [0.15, 0.2) is 5.66 Å². The molecular formula is C21H23BrF3N5O. The van der Waals surface area contributed by atoms with Crippen molar-refractivity contribution in [1.82, 2.24) is 21.1 Å². The van der Waals surface area contributed by atoms with E-state index in [4.69, 9.17) is 0 Å². The van der Waals surface area contributed by atoms with Crippen molar-refractivity contribution in [2.75, 3.05) is 6.54 Å². The zero-order valence-electron chi connectivity index (χ0n) is 17.1. The highest BCUT2D eigenvalue weighted by Crippen LogP contribution is 2.35. The van der Waals surface area contributed by atoms with Crippen LogP contribution in [0.4, 0.5) is 13.2 Å². The van der Waals surface area contributed by atoms with Crippen molar-refractivity contribution in [2.24, 2.45) is 4.99 Å². The molecule has 1 unspecified atom stereocenters. The maximum absolute atomic E-state index is 12.6. The molecule has 6 nitrogen and oxygen atoms in total. The number of carbonyl (C=O) groups is 1. The Bertz CT molecular complexity index is 999. The molecule has 1 atom stereocenters. The van der Waals surface area contributed by atoms with Gasteiger partial charge in [0.05, 0.1) is 22.4 Å². The highest BCUT2D eigenvalue weighted by atomic mass is 79.9. The van der Waals surface area contributed by atoms with Crippen LogP contribution in [-0.4, -0.2) is 41.1 Å². The SMILES string of the molecule is Cc1cc(C2=CNC3(C)C(=NCCC(F)(F)F)C=C(Br)NN23)ccc1C(=O)NC1CC1. The lowest BCUT2D eigenvalue weighted by atomic mass is 10.0. The summed E-state index contributed by atoms with van der Waals surface area (Å²) < 4.78 is 38.3. The molecule has 0 radical (unpaired) electrons. The fourth-order valence-electron chi connectivity index (χ4n) is 3.62. The molecule has 2 aliphatic heterocycles. The number of hydrogen-bond acceptors (Lipinski definition) is 5. The van der Waals surface area contributed by atoms with Crippen LogP contribution in [0.25, 0.3) is 5.70 Å². The van der Waals surface area contributed by atoms with Crippen molar-refractivity contribution in [3.05, 3.63) is 51.8 Å². The Kier molecular flexibility index (Phi) is 5.53. The number of rotatable bonds is 5. The molecule has 1 fully saturated rings. The van der Waals surface area contributed by atoms with Gasteiger partial charge in [-0.15, -0.1) is 0 Å². The van der Waals surface area contributed by atoms with Crippen molar-refractivity contribution in [3.63, 3.8) is 0 Å². The summed E-state index contributed by atoms with van der Waals surface area (Å²) in [5, 5.41) is 8.05. The number of hydrazine groups is 1. The van der Waals surface area contributed by atoms with E-state index in [-0.39, 0.29) is 18.5 Å². The van der Waals surface area contributed by atoms with Gasteiger partial charge < -0.3 is 10.6 Å². The second-order valence-corrected chi connectivity index (χ2v) is 8.95. The van der Waals surface area contributed by atoms with Crippen LogP contribution in [0.3, 0.4) is 0 Å². The maximum Gasteiger partial charge on any atom is 0.390 e. The molecule has 1 saturated carbocycles. The third kappa shape index (κ3) is 4.58. The van der Waals surface area contributed by atoms with Gasteiger partial charge in [-0.2, -0.15) is 13.2 Å². The third-order valence-electron chi connectivity index (χ3n) is 5.52. The molecular weight excluding hydrogens is 475 g/mol. The Morgan fingerprint density at radius 2 is 2.13 bits per heavy atom. The van der Waals surface area contributed by atoms with E-state index in [0.717, 1.165) is 29.7 Å². The zero-order chi connectivity index (χ0) is 22.4. The third-order valence-corrected chi connectivity index (χ3v) is 5.92. The van der Waals surface area contributed by atoms with Gasteiger partial charge in [-0.25, -0.2) is 0 Å². The number of amides is 1. The number of halogens is 4. The highest BCUT2D eigenvalue weighted by Gasteiger charge is 2.44. The fraction of sp³-hybridized carbons (Fsp3) is 0.429. The summed E-state index contributed by atoms with van der Waals surface area (Å²) in [6, 6.07) is 5.87. The number of benzene rings is 1. The van der Waals surface area contributed by atoms with Gasteiger partial charge in [-0.05, 0) is 66.4 Å². The Hall–Kier alpha value is -2.49. The Balaban J connectivity index is 1.56. The first kappa shape index (κ1) is 21.7. The Morgan fingerprint density at radius 1 is 1.39 bits per heavy atom. The number of alkyl halides is 3. The van der Waals surface area contributed by atoms with Gasteiger partial charge in [0.25, 0.3) is 5.91 Å². The number of hydrogen-bond donors (Lipinski definition) is 3. The van der Waals surface area contributed by atoms with Crippen molar-refractivity contribution in [2.45, 2.75) is 51.0 Å². The van der Waals surface area contributed by atoms with E-state index in [2.05, 4.69) is 37.0 Å². The van der Waals surface area contributed by atoms with Crippen LogP contribution in [0.15, 0.2) is 40.1 Å². The lowest BCUT2D eigenvalue weighted by molar-refractivity contribution is -0.132. The smallest absolute Gasteiger partial charge is 0.361 e. The van der Waals surface area contributed by atoms with E-state index in [1.54, 1.807) is 18.3 Å². The molecule has 1 amide bonds. The predicted octanol–water partition coefficient (Wildman–Crippen LogP) is 3.95. The van der Waals surface area contributed by atoms with Crippen molar-refractivity contribution < 1.29 is 18.0 Å². The van der Waals surface area contributed by atoms with Crippen LogP contribution in [0.5, 0.6) is 0 Å². The van der Waals surface area contributed by atoms with Crippen molar-refractivity contribution >= 4 is 33.2 Å². The minimum atomic E-state index is -4.25. The standard InChI is InChI=1S/C21H23BrF3N5O/c1-12-9-13(3-6-15(12)19(31)28-14-4-5-14)16-11-27-20(2)17(10-18(22)29-30(16)20)26-8-7-21(23,24)25/h3,6,9-11,14,27,29H,4-5,7-8H2,1-2H3,(H,28,31). The first-order valence-corrected chi connectivity index (χ1v) is 10.8. The number of carbonyl (C=O) groups excluding carboxylic acids is 1. The average Bonchev–Trinajstić information content (AvgIpc) is 3.41. The molecule has 31 heavy (non-hydrogen) atoms. The number of nitrogens with one attached hydrogen (secondary N) is 3. The average molecular weight is 498 g/mol. The van der Waals surface area contributed by atoms with Crippen molar-refractivity contribution in [3.8, 4) is 0 Å². The minimum Gasteiger partial charge on any atom is -0.361 e. The highest BCUT2D eigenvalue weighted by molar-refractivity contribution is 9.11. The Labute approximate surface area is 186 Å². The first-order chi connectivity index (χ1) is 14.6.